The Morgan fingerprint density at radius 1 is 1.14 bits per heavy atom. The molecule has 4 bridgehead atoms. The van der Waals surface area contributed by atoms with Crippen molar-refractivity contribution in [1.29, 1.82) is 0 Å². The van der Waals surface area contributed by atoms with Crippen LogP contribution in [0, 0.1) is 23.2 Å². The molecule has 0 amide bonds. The second-order valence-electron chi connectivity index (χ2n) is 7.81. The second kappa shape index (κ2) is 4.81. The van der Waals surface area contributed by atoms with E-state index in [0.29, 0.717) is 16.5 Å². The largest absolute Gasteiger partial charge is 0.506 e. The maximum Gasteiger partial charge on any atom is 0.134 e. The molecule has 4 fully saturated rings. The Bertz CT molecular complexity index is 521. The lowest BCUT2D eigenvalue weighted by atomic mass is 9.48. The molecule has 4 saturated carbocycles. The molecule has 3 heteroatoms. The molecule has 114 valence electrons. The van der Waals surface area contributed by atoms with Crippen molar-refractivity contribution in [2.75, 3.05) is 5.32 Å². The number of hydrogen-bond acceptors (Lipinski definition) is 2. The molecule has 1 aromatic carbocycles. The van der Waals surface area contributed by atoms with Crippen molar-refractivity contribution in [3.63, 3.8) is 0 Å². The molecule has 1 unspecified atom stereocenters. The van der Waals surface area contributed by atoms with Crippen LogP contribution in [0.4, 0.5) is 5.69 Å². The van der Waals surface area contributed by atoms with Crippen molar-refractivity contribution in [3.05, 3.63) is 23.2 Å². The molecule has 0 aromatic heterocycles. The van der Waals surface area contributed by atoms with Crippen LogP contribution < -0.4 is 5.32 Å². The first-order chi connectivity index (χ1) is 10.0. The molecule has 0 radical (unpaired) electrons. The van der Waals surface area contributed by atoms with E-state index in [1.54, 1.807) is 6.07 Å². The van der Waals surface area contributed by atoms with Crippen LogP contribution in [-0.2, 0) is 0 Å². The summed E-state index contributed by atoms with van der Waals surface area (Å²) in [5, 5.41) is 13.6. The summed E-state index contributed by atoms with van der Waals surface area (Å²) < 4.78 is 0. The fourth-order valence-electron chi connectivity index (χ4n) is 5.71. The van der Waals surface area contributed by atoms with Gasteiger partial charge in [0.1, 0.15) is 5.75 Å². The lowest BCUT2D eigenvalue weighted by Crippen LogP contribution is -2.52. The lowest BCUT2D eigenvalue weighted by Gasteiger charge is -2.59. The van der Waals surface area contributed by atoms with Gasteiger partial charge in [-0.2, -0.15) is 0 Å². The monoisotopic (exact) mass is 305 g/mol. The summed E-state index contributed by atoms with van der Waals surface area (Å²) in [4.78, 5) is 0. The van der Waals surface area contributed by atoms with Gasteiger partial charge in [0.2, 0.25) is 0 Å². The number of hydrogen-bond donors (Lipinski definition) is 2. The highest BCUT2D eigenvalue weighted by Gasteiger charge is 2.53. The number of nitrogens with one attached hydrogen (secondary N) is 1. The number of benzene rings is 1. The molecule has 1 atom stereocenters. The van der Waals surface area contributed by atoms with Crippen LogP contribution in [0.2, 0.25) is 5.02 Å². The fourth-order valence-corrected chi connectivity index (χ4v) is 5.89. The van der Waals surface area contributed by atoms with Gasteiger partial charge in [0.05, 0.1) is 5.02 Å². The summed E-state index contributed by atoms with van der Waals surface area (Å²) in [7, 11) is 0. The second-order valence-corrected chi connectivity index (χ2v) is 8.22. The van der Waals surface area contributed by atoms with Gasteiger partial charge in [-0.1, -0.05) is 11.6 Å². The maximum atomic E-state index is 9.55. The molecule has 0 aliphatic heterocycles. The Kier molecular flexibility index (Phi) is 3.15. The van der Waals surface area contributed by atoms with Crippen molar-refractivity contribution < 1.29 is 5.11 Å². The van der Waals surface area contributed by atoms with Crippen LogP contribution in [0.25, 0.3) is 0 Å². The van der Waals surface area contributed by atoms with Crippen LogP contribution in [0.15, 0.2) is 18.2 Å². The minimum absolute atomic E-state index is 0.157. The molecule has 2 N–H and O–H groups in total. The molecule has 0 saturated heterocycles. The van der Waals surface area contributed by atoms with E-state index in [4.69, 9.17) is 11.6 Å². The highest BCUT2D eigenvalue weighted by Crippen LogP contribution is 2.61. The van der Waals surface area contributed by atoms with Gasteiger partial charge in [-0.05, 0) is 86.8 Å². The molecule has 0 spiro atoms. The summed E-state index contributed by atoms with van der Waals surface area (Å²) in [5.41, 5.74) is 1.51. The maximum absolute atomic E-state index is 9.55. The summed E-state index contributed by atoms with van der Waals surface area (Å²) in [5.74, 6) is 3.08. The molecule has 4 aliphatic rings. The topological polar surface area (TPSA) is 32.3 Å². The number of halogens is 1. The minimum Gasteiger partial charge on any atom is -0.506 e. The van der Waals surface area contributed by atoms with Gasteiger partial charge in [-0.25, -0.2) is 0 Å². The van der Waals surface area contributed by atoms with E-state index in [1.807, 2.05) is 12.1 Å². The Morgan fingerprint density at radius 3 is 2.24 bits per heavy atom. The minimum atomic E-state index is 0.157. The van der Waals surface area contributed by atoms with E-state index in [-0.39, 0.29) is 5.75 Å². The third kappa shape index (κ3) is 2.32. The first-order valence-electron chi connectivity index (χ1n) is 8.29. The van der Waals surface area contributed by atoms with Gasteiger partial charge in [-0.3, -0.25) is 0 Å². The number of phenolic OH excluding ortho intramolecular Hbond substituents is 1. The van der Waals surface area contributed by atoms with E-state index in [0.717, 1.165) is 23.4 Å². The van der Waals surface area contributed by atoms with Gasteiger partial charge in [0.25, 0.3) is 0 Å². The number of rotatable bonds is 3. The average molecular weight is 306 g/mol. The zero-order chi connectivity index (χ0) is 14.6. The Hall–Kier alpha value is -0.890. The summed E-state index contributed by atoms with van der Waals surface area (Å²) >= 11 is 6.03. The van der Waals surface area contributed by atoms with E-state index in [9.17, 15) is 5.11 Å². The van der Waals surface area contributed by atoms with Crippen LogP contribution in [-0.4, -0.2) is 11.1 Å². The molecule has 2 nitrogen and oxygen atoms in total. The smallest absolute Gasteiger partial charge is 0.134 e. The summed E-state index contributed by atoms with van der Waals surface area (Å²) in [6, 6.07) is 5.93. The summed E-state index contributed by atoms with van der Waals surface area (Å²) in [6.45, 7) is 2.34. The molecular weight excluding hydrogens is 282 g/mol. The lowest BCUT2D eigenvalue weighted by molar-refractivity contribution is -0.0602. The van der Waals surface area contributed by atoms with Gasteiger partial charge in [0, 0.05) is 11.7 Å². The van der Waals surface area contributed by atoms with Crippen LogP contribution >= 0.6 is 11.6 Å². The molecule has 0 heterocycles. The number of phenols is 1. The van der Waals surface area contributed by atoms with Crippen molar-refractivity contribution in [2.45, 2.75) is 51.5 Å². The average Bonchev–Trinajstić information content (AvgIpc) is 2.41. The molecular formula is C18H24ClNO. The number of anilines is 1. The Morgan fingerprint density at radius 2 is 1.71 bits per heavy atom. The van der Waals surface area contributed by atoms with Crippen LogP contribution in [0.3, 0.4) is 0 Å². The van der Waals surface area contributed by atoms with E-state index >= 15 is 0 Å². The number of aromatic hydroxyl groups is 1. The Labute approximate surface area is 131 Å². The predicted molar refractivity (Wildman–Crippen MR) is 86.8 cm³/mol. The van der Waals surface area contributed by atoms with Crippen molar-refractivity contribution in [3.8, 4) is 5.75 Å². The zero-order valence-corrected chi connectivity index (χ0v) is 13.4. The van der Waals surface area contributed by atoms with Crippen molar-refractivity contribution >= 4 is 17.3 Å². The molecule has 1 aromatic rings. The predicted octanol–water partition coefficient (Wildman–Crippen LogP) is 5.06. The highest BCUT2D eigenvalue weighted by molar-refractivity contribution is 6.32. The third-order valence-corrected chi connectivity index (χ3v) is 6.64. The first kappa shape index (κ1) is 13.8. The standard InChI is InChI=1S/C18H24ClNO/c1-11(20-15-2-3-17(21)16(19)7-15)18-8-12-4-13(9-18)6-14(5-12)10-18/h2-3,7,11-14,20-21H,4-6,8-10H2,1H3. The third-order valence-electron chi connectivity index (χ3n) is 6.34. The SMILES string of the molecule is CC(Nc1ccc(O)c(Cl)c1)C12CC3CC(CC(C3)C1)C2. The quantitative estimate of drug-likeness (QED) is 0.765. The van der Waals surface area contributed by atoms with Crippen molar-refractivity contribution in [2.24, 2.45) is 23.2 Å². The zero-order valence-electron chi connectivity index (χ0n) is 12.6. The highest BCUT2D eigenvalue weighted by atomic mass is 35.5. The Balaban J connectivity index is 1.54. The van der Waals surface area contributed by atoms with Crippen LogP contribution in [0.1, 0.15) is 45.4 Å². The van der Waals surface area contributed by atoms with Gasteiger partial charge in [0.15, 0.2) is 0 Å². The normalized spacial score (nSPS) is 38.5. The molecule has 21 heavy (non-hydrogen) atoms. The van der Waals surface area contributed by atoms with Crippen LogP contribution in [0.5, 0.6) is 5.75 Å². The molecule has 4 aliphatic carbocycles. The van der Waals surface area contributed by atoms with E-state index < -0.39 is 0 Å². The fraction of sp³-hybridized carbons (Fsp3) is 0.667. The van der Waals surface area contributed by atoms with Gasteiger partial charge >= 0.3 is 0 Å². The molecule has 5 rings (SSSR count). The van der Waals surface area contributed by atoms with E-state index in [2.05, 4.69) is 12.2 Å². The summed E-state index contributed by atoms with van der Waals surface area (Å²) in [6.07, 6.45) is 8.65. The van der Waals surface area contributed by atoms with E-state index in [1.165, 1.54) is 38.5 Å². The first-order valence-corrected chi connectivity index (χ1v) is 8.67. The van der Waals surface area contributed by atoms with Gasteiger partial charge in [-0.15, -0.1) is 0 Å². The van der Waals surface area contributed by atoms with Gasteiger partial charge < -0.3 is 10.4 Å². The van der Waals surface area contributed by atoms with Crippen molar-refractivity contribution in [1.82, 2.24) is 0 Å².